The summed E-state index contributed by atoms with van der Waals surface area (Å²) in [5.41, 5.74) is 7.95. The van der Waals surface area contributed by atoms with Crippen LogP contribution in [0.4, 0.5) is 0 Å². The van der Waals surface area contributed by atoms with Gasteiger partial charge in [0, 0.05) is 56.0 Å². The number of aromatic amines is 1. The molecule has 37 heavy (non-hydrogen) atoms. The van der Waals surface area contributed by atoms with Gasteiger partial charge in [-0.15, -0.1) is 0 Å². The zero-order valence-electron chi connectivity index (χ0n) is 20.8. The molecule has 3 aliphatic heterocycles. The molecule has 4 aromatic rings. The predicted octanol–water partition coefficient (Wildman–Crippen LogP) is 2.45. The summed E-state index contributed by atoms with van der Waals surface area (Å²) in [5.74, 6) is 0.735. The number of rotatable bonds is 5. The van der Waals surface area contributed by atoms with Gasteiger partial charge in [-0.1, -0.05) is 12.1 Å². The minimum atomic E-state index is -0.0473. The first kappa shape index (κ1) is 22.7. The van der Waals surface area contributed by atoms with Crippen LogP contribution in [0, 0.1) is 0 Å². The molecule has 0 aliphatic carbocycles. The molecule has 7 rings (SSSR count). The first-order valence-electron chi connectivity index (χ1n) is 13.2. The molecule has 190 valence electrons. The number of aliphatic hydroxyl groups is 1. The average Bonchev–Trinajstić information content (AvgIpc) is 3.65. The minimum absolute atomic E-state index is 0.0473. The fourth-order valence-electron chi connectivity index (χ4n) is 6.34. The van der Waals surface area contributed by atoms with Crippen LogP contribution < -0.4 is 5.32 Å². The highest BCUT2D eigenvalue weighted by molar-refractivity contribution is 6.06. The summed E-state index contributed by atoms with van der Waals surface area (Å²) in [4.78, 5) is 26.5. The molecule has 0 saturated carbocycles. The maximum Gasteiger partial charge on any atom is 0.252 e. The Kier molecular flexibility index (Phi) is 5.57. The molecular formula is C28H31N7O2. The monoisotopic (exact) mass is 497 g/mol. The van der Waals surface area contributed by atoms with Crippen LogP contribution in [0.3, 0.4) is 0 Å². The van der Waals surface area contributed by atoms with Crippen molar-refractivity contribution in [2.45, 2.75) is 38.4 Å². The van der Waals surface area contributed by atoms with Crippen molar-refractivity contribution in [2.75, 3.05) is 32.8 Å². The smallest absolute Gasteiger partial charge is 0.252 e. The third-order valence-electron chi connectivity index (χ3n) is 8.29. The number of aromatic nitrogens is 4. The number of fused-ring (bicyclic) bond motifs is 3. The molecule has 9 nitrogen and oxygen atoms in total. The molecule has 0 bridgehead atoms. The number of benzene rings is 1. The van der Waals surface area contributed by atoms with Crippen molar-refractivity contribution in [3.05, 3.63) is 65.2 Å². The van der Waals surface area contributed by atoms with Gasteiger partial charge in [-0.3, -0.25) is 9.69 Å². The number of amides is 1. The topological polar surface area (TPSA) is 102 Å². The lowest BCUT2D eigenvalue weighted by molar-refractivity contribution is 0.0870. The molecule has 1 aromatic carbocycles. The fraction of sp³-hybridized carbons (Fsp3) is 0.393. The van der Waals surface area contributed by atoms with Crippen molar-refractivity contribution >= 4 is 11.4 Å². The van der Waals surface area contributed by atoms with Crippen molar-refractivity contribution in [1.29, 1.82) is 0 Å². The number of pyridine rings is 1. The van der Waals surface area contributed by atoms with Crippen molar-refractivity contribution in [1.82, 2.24) is 34.7 Å². The maximum absolute atomic E-state index is 13.0. The van der Waals surface area contributed by atoms with E-state index in [1.54, 1.807) is 0 Å². The summed E-state index contributed by atoms with van der Waals surface area (Å²) in [6.45, 7) is 5.47. The number of nitrogens with one attached hydrogen (secondary N) is 2. The van der Waals surface area contributed by atoms with E-state index in [0.717, 1.165) is 97.0 Å². The first-order chi connectivity index (χ1) is 18.2. The van der Waals surface area contributed by atoms with Crippen LogP contribution in [0.15, 0.2) is 42.7 Å². The Hall–Kier alpha value is -3.53. The van der Waals surface area contributed by atoms with Crippen LogP contribution in [-0.4, -0.2) is 79.2 Å². The van der Waals surface area contributed by atoms with Crippen LogP contribution in [0.25, 0.3) is 28.0 Å². The molecule has 3 aromatic heterocycles. The SMILES string of the molecule is O=C1NCc2c(-c3cnn4ccccc34)ccc(-c3nc4c([nH]3)CN(C3CCN(CCO)CC3)CC4)c21. The molecule has 9 heteroatoms. The molecule has 0 spiro atoms. The van der Waals surface area contributed by atoms with E-state index in [-0.39, 0.29) is 12.5 Å². The van der Waals surface area contributed by atoms with Crippen molar-refractivity contribution in [3.63, 3.8) is 0 Å². The minimum Gasteiger partial charge on any atom is -0.395 e. The summed E-state index contributed by atoms with van der Waals surface area (Å²) in [7, 11) is 0. The molecule has 0 unspecified atom stereocenters. The molecule has 6 heterocycles. The third kappa shape index (κ3) is 3.85. The summed E-state index contributed by atoms with van der Waals surface area (Å²) < 4.78 is 1.86. The highest BCUT2D eigenvalue weighted by atomic mass is 16.3. The lowest BCUT2D eigenvalue weighted by atomic mass is 9.93. The number of H-pyrrole nitrogens is 1. The van der Waals surface area contributed by atoms with Gasteiger partial charge in [-0.2, -0.15) is 5.10 Å². The third-order valence-corrected chi connectivity index (χ3v) is 8.29. The Morgan fingerprint density at radius 1 is 1.05 bits per heavy atom. The van der Waals surface area contributed by atoms with Crippen molar-refractivity contribution < 1.29 is 9.90 Å². The van der Waals surface area contributed by atoms with E-state index >= 15 is 0 Å². The largest absolute Gasteiger partial charge is 0.395 e. The lowest BCUT2D eigenvalue weighted by Gasteiger charge is -2.39. The number of imidazole rings is 1. The van der Waals surface area contributed by atoms with Crippen molar-refractivity contribution in [3.8, 4) is 22.5 Å². The van der Waals surface area contributed by atoms with Gasteiger partial charge in [0.05, 0.1) is 35.3 Å². The fourth-order valence-corrected chi connectivity index (χ4v) is 6.34. The molecule has 0 atom stereocenters. The Morgan fingerprint density at radius 2 is 1.92 bits per heavy atom. The van der Waals surface area contributed by atoms with Crippen molar-refractivity contribution in [2.24, 2.45) is 0 Å². The number of likely N-dealkylation sites (tertiary alicyclic amines) is 1. The van der Waals surface area contributed by atoms with Gasteiger partial charge in [-0.25, -0.2) is 9.50 Å². The predicted molar refractivity (Wildman–Crippen MR) is 140 cm³/mol. The second kappa shape index (κ2) is 9.09. The summed E-state index contributed by atoms with van der Waals surface area (Å²) in [5, 5.41) is 16.8. The molecule has 0 radical (unpaired) electrons. The maximum atomic E-state index is 13.0. The highest BCUT2D eigenvalue weighted by Crippen LogP contribution is 2.37. The molecule has 1 saturated heterocycles. The Balaban J connectivity index is 1.18. The van der Waals surface area contributed by atoms with Gasteiger partial charge in [0.15, 0.2) is 0 Å². The number of carbonyl (C=O) groups is 1. The van der Waals surface area contributed by atoms with Crippen LogP contribution >= 0.6 is 0 Å². The summed E-state index contributed by atoms with van der Waals surface area (Å²) in [6, 6.07) is 10.7. The van der Waals surface area contributed by atoms with Gasteiger partial charge in [-0.05, 0) is 55.3 Å². The molecular weight excluding hydrogens is 466 g/mol. The van der Waals surface area contributed by atoms with Crippen LogP contribution in [0.2, 0.25) is 0 Å². The van der Waals surface area contributed by atoms with E-state index < -0.39 is 0 Å². The number of piperidine rings is 1. The molecule has 3 aliphatic rings. The quantitative estimate of drug-likeness (QED) is 0.392. The van der Waals surface area contributed by atoms with Gasteiger partial charge in [0.1, 0.15) is 5.82 Å². The van der Waals surface area contributed by atoms with Gasteiger partial charge < -0.3 is 20.3 Å². The summed E-state index contributed by atoms with van der Waals surface area (Å²) >= 11 is 0. The number of β-amino-alcohol motifs (C(OH)–C–C–N with tert-alkyl or cyclic N) is 1. The van der Waals surface area contributed by atoms with Gasteiger partial charge in [0.25, 0.3) is 5.91 Å². The molecule has 1 fully saturated rings. The number of hydrogen-bond acceptors (Lipinski definition) is 6. The second-order valence-corrected chi connectivity index (χ2v) is 10.3. The van der Waals surface area contributed by atoms with Crippen LogP contribution in [0.5, 0.6) is 0 Å². The van der Waals surface area contributed by atoms with E-state index in [1.807, 2.05) is 35.1 Å². The standard InChI is InChI=1S/C28H31N7O2/c36-14-13-33-10-6-18(7-11-33)34-12-8-23-24(17-34)32-27(31-23)20-5-4-19(22-15-29-28(37)26(20)22)21-16-30-35-9-2-1-3-25(21)35/h1-5,9,16,18,36H,6-8,10-15,17H2,(H,29,37)(H,31,32). The number of hydrogen-bond donors (Lipinski definition) is 3. The Bertz CT molecular complexity index is 1480. The van der Waals surface area contributed by atoms with E-state index in [9.17, 15) is 9.90 Å². The highest BCUT2D eigenvalue weighted by Gasteiger charge is 2.31. The Labute approximate surface area is 215 Å². The normalized spacial score (nSPS) is 18.8. The first-order valence-corrected chi connectivity index (χ1v) is 13.2. The van der Waals surface area contributed by atoms with E-state index in [4.69, 9.17) is 4.98 Å². The number of carbonyl (C=O) groups excluding carboxylic acids is 1. The zero-order valence-corrected chi connectivity index (χ0v) is 20.8. The zero-order chi connectivity index (χ0) is 24.9. The Morgan fingerprint density at radius 3 is 2.78 bits per heavy atom. The van der Waals surface area contributed by atoms with E-state index in [2.05, 4.69) is 37.3 Å². The van der Waals surface area contributed by atoms with E-state index in [0.29, 0.717) is 18.2 Å². The van der Waals surface area contributed by atoms with E-state index in [1.165, 1.54) is 0 Å². The van der Waals surface area contributed by atoms with Crippen LogP contribution in [-0.2, 0) is 19.5 Å². The lowest BCUT2D eigenvalue weighted by Crippen LogP contribution is -2.47. The van der Waals surface area contributed by atoms with Crippen LogP contribution in [0.1, 0.15) is 40.2 Å². The molecule has 1 amide bonds. The number of aliphatic hydroxyl groups excluding tert-OH is 1. The van der Waals surface area contributed by atoms with Gasteiger partial charge in [0.2, 0.25) is 0 Å². The second-order valence-electron chi connectivity index (χ2n) is 10.3. The molecule has 3 N–H and O–H groups in total. The summed E-state index contributed by atoms with van der Waals surface area (Å²) in [6.07, 6.45) is 7.00. The van der Waals surface area contributed by atoms with Gasteiger partial charge >= 0.3 is 0 Å². The number of nitrogens with zero attached hydrogens (tertiary/aromatic N) is 5. The average molecular weight is 498 g/mol.